The number of hydrogen-bond acceptors (Lipinski definition) is 6. The number of carboxylic acid groups (broad SMARTS) is 1. The van der Waals surface area contributed by atoms with Gasteiger partial charge in [0.25, 0.3) is 0 Å². The van der Waals surface area contributed by atoms with Crippen molar-refractivity contribution in [3.63, 3.8) is 0 Å². The Morgan fingerprint density at radius 2 is 1.82 bits per heavy atom. The standard InChI is InChI=1S/C23H24Cl2N6O2/c1-29-10-12-30(13-11-29)19-5-3-18(4-6-19)27-22-26-9-8-21(28-22)31(23(32)33)15-16-14-17(24)2-7-20(16)25/h2-9,14H,10-13,15H2,1H3,(H,32,33)(H,26,27,28). The van der Waals surface area contributed by atoms with Crippen LogP contribution in [0.2, 0.25) is 10.0 Å². The van der Waals surface area contributed by atoms with E-state index < -0.39 is 6.09 Å². The molecule has 0 aliphatic carbocycles. The highest BCUT2D eigenvalue weighted by Crippen LogP contribution is 2.25. The molecular formula is C23H24Cl2N6O2. The van der Waals surface area contributed by atoms with E-state index >= 15 is 0 Å². The number of nitrogens with one attached hydrogen (secondary N) is 1. The number of amides is 1. The van der Waals surface area contributed by atoms with Gasteiger partial charge >= 0.3 is 6.09 Å². The van der Waals surface area contributed by atoms with Crippen LogP contribution in [0.3, 0.4) is 0 Å². The first kappa shape index (κ1) is 23.1. The van der Waals surface area contributed by atoms with Crippen molar-refractivity contribution in [2.45, 2.75) is 6.54 Å². The minimum Gasteiger partial charge on any atom is -0.465 e. The molecule has 8 nitrogen and oxygen atoms in total. The third kappa shape index (κ3) is 5.84. The number of likely N-dealkylation sites (N-methyl/N-ethyl adjacent to an activating group) is 1. The Balaban J connectivity index is 1.48. The molecule has 0 unspecified atom stereocenters. The first-order chi connectivity index (χ1) is 15.9. The monoisotopic (exact) mass is 486 g/mol. The van der Waals surface area contributed by atoms with Crippen molar-refractivity contribution in [3.05, 3.63) is 70.3 Å². The van der Waals surface area contributed by atoms with Crippen molar-refractivity contribution in [2.75, 3.05) is 48.3 Å². The summed E-state index contributed by atoms with van der Waals surface area (Å²) in [6, 6.07) is 14.5. The molecule has 1 aliphatic heterocycles. The highest BCUT2D eigenvalue weighted by Gasteiger charge is 2.19. The van der Waals surface area contributed by atoms with Crippen molar-refractivity contribution in [1.82, 2.24) is 14.9 Å². The number of anilines is 4. The van der Waals surface area contributed by atoms with E-state index in [0.717, 1.165) is 36.8 Å². The molecule has 4 rings (SSSR count). The average molecular weight is 487 g/mol. The maximum Gasteiger partial charge on any atom is 0.413 e. The molecule has 1 saturated heterocycles. The molecule has 3 aromatic rings. The number of rotatable bonds is 6. The van der Waals surface area contributed by atoms with Crippen molar-refractivity contribution in [2.24, 2.45) is 0 Å². The van der Waals surface area contributed by atoms with Crippen LogP contribution < -0.4 is 15.1 Å². The second-order valence-electron chi connectivity index (χ2n) is 7.81. The summed E-state index contributed by atoms with van der Waals surface area (Å²) in [7, 11) is 2.13. The van der Waals surface area contributed by atoms with Gasteiger partial charge in [0, 0.05) is 53.8 Å². The van der Waals surface area contributed by atoms with Crippen LogP contribution in [-0.2, 0) is 6.54 Å². The van der Waals surface area contributed by atoms with Crippen LogP contribution in [0.25, 0.3) is 0 Å². The predicted octanol–water partition coefficient (Wildman–Crippen LogP) is 4.96. The molecule has 0 bridgehead atoms. The zero-order valence-corrected chi connectivity index (χ0v) is 19.6. The minimum absolute atomic E-state index is 0.00486. The highest BCUT2D eigenvalue weighted by molar-refractivity contribution is 6.33. The van der Waals surface area contributed by atoms with Gasteiger partial charge in [-0.1, -0.05) is 23.2 Å². The third-order valence-electron chi connectivity index (χ3n) is 5.48. The van der Waals surface area contributed by atoms with Gasteiger partial charge in [-0.2, -0.15) is 4.98 Å². The van der Waals surface area contributed by atoms with E-state index in [1.54, 1.807) is 18.2 Å². The number of halogens is 2. The third-order valence-corrected chi connectivity index (χ3v) is 6.08. The number of aromatic nitrogens is 2. The fourth-order valence-electron chi connectivity index (χ4n) is 3.59. The molecule has 0 radical (unpaired) electrons. The number of hydrogen-bond donors (Lipinski definition) is 2. The van der Waals surface area contributed by atoms with E-state index in [9.17, 15) is 9.90 Å². The summed E-state index contributed by atoms with van der Waals surface area (Å²) in [6.07, 6.45) is 0.353. The Hall–Kier alpha value is -3.07. The maximum atomic E-state index is 11.9. The van der Waals surface area contributed by atoms with Gasteiger partial charge < -0.3 is 20.2 Å². The van der Waals surface area contributed by atoms with Crippen LogP contribution in [0, 0.1) is 0 Å². The van der Waals surface area contributed by atoms with E-state index in [2.05, 4.69) is 44.3 Å². The van der Waals surface area contributed by atoms with Gasteiger partial charge in [0.15, 0.2) is 0 Å². The smallest absolute Gasteiger partial charge is 0.413 e. The molecular weight excluding hydrogens is 463 g/mol. The van der Waals surface area contributed by atoms with Crippen LogP contribution in [0.5, 0.6) is 0 Å². The Bertz CT molecular complexity index is 1120. The van der Waals surface area contributed by atoms with Gasteiger partial charge in [-0.15, -0.1) is 0 Å². The van der Waals surface area contributed by atoms with E-state index in [1.165, 1.54) is 18.0 Å². The molecule has 1 aliphatic rings. The SMILES string of the molecule is CN1CCN(c2ccc(Nc3nccc(N(Cc4cc(Cl)ccc4Cl)C(=O)O)n3)cc2)CC1. The van der Waals surface area contributed by atoms with E-state index in [-0.39, 0.29) is 12.4 Å². The first-order valence-electron chi connectivity index (χ1n) is 10.5. The summed E-state index contributed by atoms with van der Waals surface area (Å²) in [5, 5.41) is 13.8. The molecule has 2 aromatic carbocycles. The van der Waals surface area contributed by atoms with Crippen molar-refractivity contribution in [3.8, 4) is 0 Å². The van der Waals surface area contributed by atoms with Gasteiger partial charge in [-0.05, 0) is 61.1 Å². The van der Waals surface area contributed by atoms with Gasteiger partial charge in [0.05, 0.1) is 6.54 Å². The second kappa shape index (κ2) is 10.2. The lowest BCUT2D eigenvalue weighted by molar-refractivity contribution is 0.201. The first-order valence-corrected chi connectivity index (χ1v) is 11.2. The number of benzene rings is 2. The minimum atomic E-state index is -1.16. The van der Waals surface area contributed by atoms with Gasteiger partial charge in [-0.25, -0.2) is 9.78 Å². The summed E-state index contributed by atoms with van der Waals surface area (Å²) in [4.78, 5) is 26.3. The van der Waals surface area contributed by atoms with Gasteiger partial charge in [0.1, 0.15) is 5.82 Å². The molecule has 10 heteroatoms. The zero-order chi connectivity index (χ0) is 23.4. The van der Waals surface area contributed by atoms with Crippen LogP contribution >= 0.6 is 23.2 Å². The fourth-order valence-corrected chi connectivity index (χ4v) is 3.96. The van der Waals surface area contributed by atoms with E-state index in [4.69, 9.17) is 23.2 Å². The molecule has 33 heavy (non-hydrogen) atoms. The molecule has 1 amide bonds. The largest absolute Gasteiger partial charge is 0.465 e. The Morgan fingerprint density at radius 1 is 1.09 bits per heavy atom. The van der Waals surface area contributed by atoms with E-state index in [0.29, 0.717) is 21.6 Å². The number of nitrogens with zero attached hydrogens (tertiary/aromatic N) is 5. The van der Waals surface area contributed by atoms with Crippen molar-refractivity contribution < 1.29 is 9.90 Å². The summed E-state index contributed by atoms with van der Waals surface area (Å²) >= 11 is 12.3. The zero-order valence-electron chi connectivity index (χ0n) is 18.1. The Morgan fingerprint density at radius 3 is 2.52 bits per heavy atom. The van der Waals surface area contributed by atoms with E-state index in [1.807, 2.05) is 12.1 Å². The average Bonchev–Trinajstić information content (AvgIpc) is 2.80. The van der Waals surface area contributed by atoms with Crippen LogP contribution in [0.4, 0.5) is 27.9 Å². The fraction of sp³-hybridized carbons (Fsp3) is 0.261. The lowest BCUT2D eigenvalue weighted by Gasteiger charge is -2.34. The summed E-state index contributed by atoms with van der Waals surface area (Å²) < 4.78 is 0. The highest BCUT2D eigenvalue weighted by atomic mass is 35.5. The maximum absolute atomic E-state index is 11.9. The number of piperazine rings is 1. The lowest BCUT2D eigenvalue weighted by Crippen LogP contribution is -2.44. The van der Waals surface area contributed by atoms with Crippen LogP contribution in [0.1, 0.15) is 5.56 Å². The molecule has 0 atom stereocenters. The van der Waals surface area contributed by atoms with Crippen LogP contribution in [0.15, 0.2) is 54.7 Å². The topological polar surface area (TPSA) is 84.8 Å². The molecule has 1 fully saturated rings. The summed E-state index contributed by atoms with van der Waals surface area (Å²) in [6.45, 7) is 4.08. The van der Waals surface area contributed by atoms with Crippen LogP contribution in [-0.4, -0.2) is 59.3 Å². The quantitative estimate of drug-likeness (QED) is 0.508. The van der Waals surface area contributed by atoms with Gasteiger partial charge in [-0.3, -0.25) is 4.90 Å². The molecule has 1 aromatic heterocycles. The normalized spacial score (nSPS) is 14.2. The summed E-state index contributed by atoms with van der Waals surface area (Å²) in [5.74, 6) is 0.522. The van der Waals surface area contributed by atoms with Gasteiger partial charge in [0.2, 0.25) is 5.95 Å². The van der Waals surface area contributed by atoms with Crippen molar-refractivity contribution in [1.29, 1.82) is 0 Å². The second-order valence-corrected chi connectivity index (χ2v) is 8.65. The Labute approximate surface area is 202 Å². The lowest BCUT2D eigenvalue weighted by atomic mass is 10.2. The molecule has 2 heterocycles. The van der Waals surface area contributed by atoms with Crippen molar-refractivity contribution >= 4 is 52.4 Å². The molecule has 2 N–H and O–H groups in total. The molecule has 172 valence electrons. The predicted molar refractivity (Wildman–Crippen MR) is 132 cm³/mol. The Kier molecular flexibility index (Phi) is 7.17. The number of carbonyl (C=O) groups is 1. The summed E-state index contributed by atoms with van der Waals surface area (Å²) in [5.41, 5.74) is 2.56. The molecule has 0 saturated carbocycles. The molecule has 0 spiro atoms.